The summed E-state index contributed by atoms with van der Waals surface area (Å²) in [6, 6.07) is 6.65. The molecule has 10 heteroatoms. The van der Waals surface area contributed by atoms with Crippen LogP contribution < -0.4 is 10.5 Å². The number of aryl methyl sites for hydroxylation is 1. The SMILES string of the molecule is Cc1c(C(=O)N2CCN(c3ccccc3F)CC2)sc2ncn(CC(=O)N3CCCC(C)C3)c(=O)c12. The van der Waals surface area contributed by atoms with Crippen molar-refractivity contribution in [3.63, 3.8) is 0 Å². The Morgan fingerprint density at radius 1 is 1.11 bits per heavy atom. The van der Waals surface area contributed by atoms with Crippen molar-refractivity contribution in [2.24, 2.45) is 5.92 Å². The molecule has 8 nitrogen and oxygen atoms in total. The number of halogens is 1. The third kappa shape index (κ3) is 4.61. The Kier molecular flexibility index (Phi) is 6.79. The smallest absolute Gasteiger partial charge is 0.264 e. The minimum Gasteiger partial charge on any atom is -0.366 e. The summed E-state index contributed by atoms with van der Waals surface area (Å²) in [6.07, 6.45) is 3.50. The molecule has 2 amide bonds. The largest absolute Gasteiger partial charge is 0.366 e. The number of amides is 2. The fraction of sp³-hybridized carbons (Fsp3) is 0.462. The number of nitrogens with zero attached hydrogens (tertiary/aromatic N) is 5. The molecule has 190 valence electrons. The molecule has 1 unspecified atom stereocenters. The van der Waals surface area contributed by atoms with Gasteiger partial charge < -0.3 is 14.7 Å². The molecule has 5 rings (SSSR count). The van der Waals surface area contributed by atoms with Crippen LogP contribution in [0, 0.1) is 18.7 Å². The van der Waals surface area contributed by atoms with Crippen molar-refractivity contribution in [2.75, 3.05) is 44.2 Å². The van der Waals surface area contributed by atoms with Crippen LogP contribution in [0.25, 0.3) is 10.2 Å². The molecule has 4 heterocycles. The highest BCUT2D eigenvalue weighted by molar-refractivity contribution is 7.20. The summed E-state index contributed by atoms with van der Waals surface area (Å²) in [5.41, 5.74) is 0.846. The van der Waals surface area contributed by atoms with Crippen LogP contribution in [0.4, 0.5) is 10.1 Å². The number of carbonyl (C=O) groups is 2. The summed E-state index contributed by atoms with van der Waals surface area (Å²) >= 11 is 1.21. The third-order valence-electron chi connectivity index (χ3n) is 7.19. The summed E-state index contributed by atoms with van der Waals surface area (Å²) in [5.74, 6) is -0.0377. The summed E-state index contributed by atoms with van der Waals surface area (Å²) < 4.78 is 15.5. The van der Waals surface area contributed by atoms with Gasteiger partial charge in [0.15, 0.2) is 0 Å². The van der Waals surface area contributed by atoms with Gasteiger partial charge in [-0.2, -0.15) is 0 Å². The predicted molar refractivity (Wildman–Crippen MR) is 138 cm³/mol. The number of hydrogen-bond donors (Lipinski definition) is 0. The number of rotatable bonds is 4. The van der Waals surface area contributed by atoms with Crippen molar-refractivity contribution in [1.82, 2.24) is 19.4 Å². The van der Waals surface area contributed by atoms with Gasteiger partial charge in [0.05, 0.1) is 22.3 Å². The predicted octanol–water partition coefficient (Wildman–Crippen LogP) is 3.13. The second kappa shape index (κ2) is 10.0. The van der Waals surface area contributed by atoms with E-state index in [0.29, 0.717) is 71.5 Å². The van der Waals surface area contributed by atoms with E-state index in [4.69, 9.17) is 0 Å². The van der Waals surface area contributed by atoms with E-state index in [2.05, 4.69) is 11.9 Å². The molecule has 1 aromatic carbocycles. The van der Waals surface area contributed by atoms with Crippen LogP contribution in [0.1, 0.15) is 35.0 Å². The number of carbonyl (C=O) groups excluding carboxylic acids is 2. The Morgan fingerprint density at radius 2 is 1.86 bits per heavy atom. The van der Waals surface area contributed by atoms with E-state index in [1.165, 1.54) is 28.3 Å². The molecule has 0 N–H and O–H groups in total. The fourth-order valence-corrected chi connectivity index (χ4v) is 6.25. The van der Waals surface area contributed by atoms with Gasteiger partial charge in [0.1, 0.15) is 17.2 Å². The van der Waals surface area contributed by atoms with Crippen LogP contribution in [0.3, 0.4) is 0 Å². The maximum Gasteiger partial charge on any atom is 0.264 e. The summed E-state index contributed by atoms with van der Waals surface area (Å²) in [5, 5.41) is 0.399. The highest BCUT2D eigenvalue weighted by Gasteiger charge is 2.28. The van der Waals surface area contributed by atoms with Crippen molar-refractivity contribution < 1.29 is 14.0 Å². The molecule has 3 aromatic rings. The first-order valence-corrected chi connectivity index (χ1v) is 13.2. The van der Waals surface area contributed by atoms with Crippen molar-refractivity contribution in [1.29, 1.82) is 0 Å². The molecule has 0 aliphatic carbocycles. The highest BCUT2D eigenvalue weighted by Crippen LogP contribution is 2.29. The number of piperidine rings is 1. The maximum atomic E-state index is 14.2. The molecule has 2 fully saturated rings. The number of para-hydroxylation sites is 1. The molecule has 36 heavy (non-hydrogen) atoms. The Morgan fingerprint density at radius 3 is 2.58 bits per heavy atom. The first-order chi connectivity index (χ1) is 17.3. The van der Waals surface area contributed by atoms with Gasteiger partial charge in [-0.15, -0.1) is 11.3 Å². The van der Waals surface area contributed by atoms with Gasteiger partial charge in [0.25, 0.3) is 11.5 Å². The van der Waals surface area contributed by atoms with Gasteiger partial charge in [-0.25, -0.2) is 9.37 Å². The first kappa shape index (κ1) is 24.4. The van der Waals surface area contributed by atoms with Gasteiger partial charge in [0, 0.05) is 39.3 Å². The average Bonchev–Trinajstić information content (AvgIpc) is 3.22. The van der Waals surface area contributed by atoms with E-state index in [0.717, 1.165) is 12.8 Å². The number of hydrogen-bond acceptors (Lipinski definition) is 6. The van der Waals surface area contributed by atoms with Gasteiger partial charge in [-0.3, -0.25) is 19.0 Å². The van der Waals surface area contributed by atoms with E-state index in [1.807, 2.05) is 9.80 Å². The Hall–Kier alpha value is -3.27. The highest BCUT2D eigenvalue weighted by atomic mass is 32.1. The number of aromatic nitrogens is 2. The van der Waals surface area contributed by atoms with E-state index in [1.54, 1.807) is 30.0 Å². The standard InChI is InChI=1S/C26H30FN5O3S/c1-17-6-5-9-31(14-17)21(33)15-32-16-28-24-22(25(32)34)18(2)23(36-24)26(35)30-12-10-29(11-13-30)20-8-4-3-7-19(20)27/h3-4,7-8,16-17H,5-6,9-15H2,1-2H3. The number of anilines is 1. The van der Waals surface area contributed by atoms with Gasteiger partial charge in [-0.05, 0) is 43.4 Å². The summed E-state index contributed by atoms with van der Waals surface area (Å²) in [4.78, 5) is 50.3. The second-order valence-corrected chi connectivity index (χ2v) is 10.7. The number of piperazine rings is 1. The van der Waals surface area contributed by atoms with Crippen LogP contribution in [0.2, 0.25) is 0 Å². The monoisotopic (exact) mass is 511 g/mol. The lowest BCUT2D eigenvalue weighted by molar-refractivity contribution is -0.133. The number of thiophene rings is 1. The van der Waals surface area contributed by atoms with Crippen molar-refractivity contribution >= 4 is 39.1 Å². The average molecular weight is 512 g/mol. The van der Waals surface area contributed by atoms with Gasteiger partial charge in [0.2, 0.25) is 5.91 Å². The molecular weight excluding hydrogens is 481 g/mol. The lowest BCUT2D eigenvalue weighted by Crippen LogP contribution is -2.49. The van der Waals surface area contributed by atoms with Crippen LogP contribution >= 0.6 is 11.3 Å². The maximum absolute atomic E-state index is 14.2. The Labute approximate surface area is 212 Å². The normalized spacial score (nSPS) is 18.6. The Bertz CT molecular complexity index is 1360. The molecule has 2 aliphatic rings. The lowest BCUT2D eigenvalue weighted by atomic mass is 10.0. The van der Waals surface area contributed by atoms with E-state index in [-0.39, 0.29) is 29.7 Å². The molecule has 1 atom stereocenters. The zero-order valence-electron chi connectivity index (χ0n) is 20.6. The minimum absolute atomic E-state index is 0.0505. The zero-order chi connectivity index (χ0) is 25.4. The van der Waals surface area contributed by atoms with Crippen LogP contribution in [0.5, 0.6) is 0 Å². The van der Waals surface area contributed by atoms with Crippen molar-refractivity contribution in [3.05, 3.63) is 57.2 Å². The molecule has 2 saturated heterocycles. The molecule has 0 bridgehead atoms. The summed E-state index contributed by atoms with van der Waals surface area (Å²) in [7, 11) is 0. The minimum atomic E-state index is -0.296. The van der Waals surface area contributed by atoms with Crippen LogP contribution in [-0.2, 0) is 11.3 Å². The topological polar surface area (TPSA) is 78.8 Å². The van der Waals surface area contributed by atoms with Crippen LogP contribution in [-0.4, -0.2) is 70.4 Å². The lowest BCUT2D eigenvalue weighted by Gasteiger charge is -2.36. The van der Waals surface area contributed by atoms with Crippen molar-refractivity contribution in [3.8, 4) is 0 Å². The van der Waals surface area contributed by atoms with Crippen molar-refractivity contribution in [2.45, 2.75) is 33.2 Å². The zero-order valence-corrected chi connectivity index (χ0v) is 21.4. The molecule has 0 radical (unpaired) electrons. The molecule has 0 spiro atoms. The Balaban J connectivity index is 1.32. The van der Waals surface area contributed by atoms with E-state index < -0.39 is 0 Å². The number of likely N-dealkylation sites (tertiary alicyclic amines) is 1. The third-order valence-corrected chi connectivity index (χ3v) is 8.37. The van der Waals surface area contributed by atoms with Crippen LogP contribution in [0.15, 0.2) is 35.4 Å². The number of benzene rings is 1. The fourth-order valence-electron chi connectivity index (χ4n) is 5.14. The van der Waals surface area contributed by atoms with E-state index >= 15 is 0 Å². The van der Waals surface area contributed by atoms with Gasteiger partial charge >= 0.3 is 0 Å². The first-order valence-electron chi connectivity index (χ1n) is 12.4. The summed E-state index contributed by atoms with van der Waals surface area (Å²) in [6.45, 7) is 7.25. The van der Waals surface area contributed by atoms with E-state index in [9.17, 15) is 18.8 Å². The molecule has 2 aliphatic heterocycles. The second-order valence-electron chi connectivity index (χ2n) is 9.73. The molecular formula is C26H30FN5O3S. The molecule has 0 saturated carbocycles. The quantitative estimate of drug-likeness (QED) is 0.538. The molecule has 2 aromatic heterocycles. The number of fused-ring (bicyclic) bond motifs is 1. The van der Waals surface area contributed by atoms with Gasteiger partial charge in [-0.1, -0.05) is 19.1 Å².